The second kappa shape index (κ2) is 41.4. The third-order valence-corrected chi connectivity index (χ3v) is 28.8. The largest absolute Gasteiger partial charge is 0.310 e. The van der Waals surface area contributed by atoms with E-state index in [1.54, 1.807) is 0 Å². The summed E-state index contributed by atoms with van der Waals surface area (Å²) in [5.41, 5.74) is 42.4. The van der Waals surface area contributed by atoms with Gasteiger partial charge in [-0.15, -0.1) is 0 Å². The summed E-state index contributed by atoms with van der Waals surface area (Å²) in [6, 6.07) is 222. The Kier molecular flexibility index (Phi) is 25.2. The molecule has 3 aromatic heterocycles. The van der Waals surface area contributed by atoms with Crippen LogP contribution in [0.3, 0.4) is 0 Å². The summed E-state index contributed by atoms with van der Waals surface area (Å²) in [7, 11) is 0. The molecule has 0 atom stereocenters. The van der Waals surface area contributed by atoms with E-state index in [1.807, 2.05) is 0 Å². The van der Waals surface area contributed by atoms with Crippen molar-refractivity contribution in [3.63, 3.8) is 0 Å². The Labute approximate surface area is 874 Å². The summed E-state index contributed by atoms with van der Waals surface area (Å²) in [5.74, 6) is 0. The van der Waals surface area contributed by atoms with Crippen molar-refractivity contribution in [1.82, 2.24) is 13.7 Å². The molecule has 0 aliphatic heterocycles. The highest BCUT2D eigenvalue weighted by Crippen LogP contribution is 2.47. The SMILES string of the molecule is c1ccc(-c2ccc(-c3ccc(-c4ccc5c(c4)c4ccc(N(c6ccccc6)c6ccccc6)cc4n5-c4ccccc4)cc3)cc2)cc1.c1ccc(-c2ccc(-c3ccc(-n4c5ccccc5c5ccc(N(c6ccccc6)c6ccc(-c7ccccc7)cc6)cc54)cc3)cc2)cc1.c1ccc(-c2ccc(-c3ccc(N(c4ccccc4)c4ccc5c6ccccc6n(-c6ccc(-c7ccccc7)cc6)c5c4)cc3)cc2)cc1. The molecule has 6 nitrogen and oxygen atoms in total. The molecule has 0 N–H and O–H groups in total. The Bertz CT molecular complexity index is 9310. The maximum absolute atomic E-state index is 2.40. The molecule has 0 spiro atoms. The zero-order valence-corrected chi connectivity index (χ0v) is 82.6. The number of rotatable bonds is 21. The van der Waals surface area contributed by atoms with Gasteiger partial charge < -0.3 is 28.4 Å². The minimum absolute atomic E-state index is 1.11. The van der Waals surface area contributed by atoms with Crippen LogP contribution in [0, 0.1) is 0 Å². The van der Waals surface area contributed by atoms with Gasteiger partial charge in [0.05, 0.1) is 33.1 Å². The summed E-state index contributed by atoms with van der Waals surface area (Å²) in [5, 5.41) is 7.42. The van der Waals surface area contributed by atoms with Crippen LogP contribution in [0.1, 0.15) is 0 Å². The summed E-state index contributed by atoms with van der Waals surface area (Å²) in [4.78, 5) is 7.02. The lowest BCUT2D eigenvalue weighted by molar-refractivity contribution is 1.18. The van der Waals surface area contributed by atoms with Crippen LogP contribution in [0.25, 0.3) is 183 Å². The number of nitrogens with zero attached hydrogens (tertiary/aromatic N) is 6. The molecule has 24 aromatic carbocycles. The second-order valence-electron chi connectivity index (χ2n) is 37.9. The van der Waals surface area contributed by atoms with Gasteiger partial charge in [0.2, 0.25) is 0 Å². The van der Waals surface area contributed by atoms with Crippen molar-refractivity contribution >= 4 is 117 Å². The maximum Gasteiger partial charge on any atom is 0.0561 e. The van der Waals surface area contributed by atoms with Crippen molar-refractivity contribution in [2.75, 3.05) is 14.7 Å². The van der Waals surface area contributed by atoms with Crippen LogP contribution in [0.5, 0.6) is 0 Å². The molecular weight excluding hydrogens is 1810 g/mol. The quantitative estimate of drug-likeness (QED) is 0.0717. The fraction of sp³-hybridized carbons (Fsp3) is 0. The molecule has 0 aliphatic rings. The Hall–Kier alpha value is -19.9. The molecule has 0 saturated carbocycles. The highest BCUT2D eigenvalue weighted by molar-refractivity contribution is 6.14. The number of benzene rings is 24. The van der Waals surface area contributed by atoms with E-state index in [0.29, 0.717) is 0 Å². The number of anilines is 9. The molecular formula is C144H102N6. The molecule has 708 valence electrons. The van der Waals surface area contributed by atoms with E-state index < -0.39 is 0 Å². The Balaban J connectivity index is 0.000000116. The van der Waals surface area contributed by atoms with Crippen LogP contribution in [-0.2, 0) is 0 Å². The fourth-order valence-electron chi connectivity index (χ4n) is 21.4. The molecule has 6 heteroatoms. The summed E-state index contributed by atoms with van der Waals surface area (Å²) in [6.07, 6.45) is 0. The van der Waals surface area contributed by atoms with Gasteiger partial charge in [-0.05, 0) is 270 Å². The van der Waals surface area contributed by atoms with E-state index in [2.05, 4.69) is 647 Å². The van der Waals surface area contributed by atoms with Gasteiger partial charge >= 0.3 is 0 Å². The van der Waals surface area contributed by atoms with E-state index in [4.69, 9.17) is 0 Å². The average molecular weight is 1920 g/mol. The van der Waals surface area contributed by atoms with E-state index in [1.165, 1.54) is 166 Å². The molecule has 0 radical (unpaired) electrons. The molecule has 0 amide bonds. The number of hydrogen-bond donors (Lipinski definition) is 0. The predicted octanol–water partition coefficient (Wildman–Crippen LogP) is 39.8. The van der Waals surface area contributed by atoms with E-state index >= 15 is 0 Å². The predicted molar refractivity (Wildman–Crippen MR) is 635 cm³/mol. The van der Waals surface area contributed by atoms with Gasteiger partial charge in [-0.3, -0.25) is 0 Å². The average Bonchev–Trinajstić information content (AvgIpc) is 1.61. The number of hydrogen-bond acceptors (Lipinski definition) is 3. The third kappa shape index (κ3) is 18.5. The van der Waals surface area contributed by atoms with E-state index in [-0.39, 0.29) is 0 Å². The summed E-state index contributed by atoms with van der Waals surface area (Å²) < 4.78 is 7.20. The lowest BCUT2D eigenvalue weighted by Crippen LogP contribution is -2.10. The number of fused-ring (bicyclic) bond motifs is 9. The first kappa shape index (κ1) is 91.3. The lowest BCUT2D eigenvalue weighted by Gasteiger charge is -2.26. The van der Waals surface area contributed by atoms with Crippen molar-refractivity contribution in [2.45, 2.75) is 0 Å². The van der Waals surface area contributed by atoms with Gasteiger partial charge in [0, 0.05) is 101 Å². The second-order valence-corrected chi connectivity index (χ2v) is 37.9. The van der Waals surface area contributed by atoms with Crippen molar-refractivity contribution in [3.8, 4) is 117 Å². The van der Waals surface area contributed by atoms with Gasteiger partial charge in [-0.2, -0.15) is 0 Å². The monoisotopic (exact) mass is 1910 g/mol. The topological polar surface area (TPSA) is 24.5 Å². The van der Waals surface area contributed by atoms with Crippen LogP contribution in [0.15, 0.2) is 619 Å². The molecule has 27 rings (SSSR count). The summed E-state index contributed by atoms with van der Waals surface area (Å²) >= 11 is 0. The van der Waals surface area contributed by atoms with Crippen molar-refractivity contribution in [2.24, 2.45) is 0 Å². The fourth-order valence-corrected chi connectivity index (χ4v) is 21.4. The van der Waals surface area contributed by atoms with Crippen LogP contribution >= 0.6 is 0 Å². The first-order valence-corrected chi connectivity index (χ1v) is 51.3. The number of aromatic nitrogens is 3. The molecule has 0 fully saturated rings. The molecule has 27 aromatic rings. The smallest absolute Gasteiger partial charge is 0.0561 e. The first-order valence-electron chi connectivity index (χ1n) is 51.3. The minimum atomic E-state index is 1.11. The van der Waals surface area contributed by atoms with Crippen LogP contribution in [-0.4, -0.2) is 13.7 Å². The van der Waals surface area contributed by atoms with Crippen LogP contribution in [0.4, 0.5) is 51.2 Å². The molecule has 0 aliphatic carbocycles. The Morgan fingerprint density at radius 1 is 0.0933 bits per heavy atom. The van der Waals surface area contributed by atoms with Gasteiger partial charge in [0.15, 0.2) is 0 Å². The van der Waals surface area contributed by atoms with Crippen LogP contribution in [0.2, 0.25) is 0 Å². The highest BCUT2D eigenvalue weighted by Gasteiger charge is 2.24. The zero-order valence-electron chi connectivity index (χ0n) is 82.6. The first-order chi connectivity index (χ1) is 74.4. The Morgan fingerprint density at radius 2 is 0.260 bits per heavy atom. The van der Waals surface area contributed by atoms with E-state index in [9.17, 15) is 0 Å². The van der Waals surface area contributed by atoms with Gasteiger partial charge in [0.25, 0.3) is 0 Å². The molecule has 0 bridgehead atoms. The summed E-state index contributed by atoms with van der Waals surface area (Å²) in [6.45, 7) is 0. The highest BCUT2D eigenvalue weighted by atomic mass is 15.2. The third-order valence-electron chi connectivity index (χ3n) is 28.8. The van der Waals surface area contributed by atoms with Gasteiger partial charge in [0.1, 0.15) is 0 Å². The normalized spacial score (nSPS) is 11.2. The minimum Gasteiger partial charge on any atom is -0.310 e. The molecule has 150 heavy (non-hydrogen) atoms. The van der Waals surface area contributed by atoms with Gasteiger partial charge in [-0.1, -0.05) is 449 Å². The maximum atomic E-state index is 2.40. The Morgan fingerprint density at radius 3 is 0.527 bits per heavy atom. The number of para-hydroxylation sites is 7. The van der Waals surface area contributed by atoms with Crippen LogP contribution < -0.4 is 14.7 Å². The lowest BCUT2D eigenvalue weighted by atomic mass is 9.97. The van der Waals surface area contributed by atoms with Crippen molar-refractivity contribution in [1.29, 1.82) is 0 Å². The standard InChI is InChI=1S/3C48H34N2/c1-5-13-35(14-6-1)36-21-23-37(24-22-36)38-25-27-39(28-26-38)40-29-32-47-46(33-40)45-31-30-44(34-48(45)50(47)43-19-11-4-12-20-43)49(41-15-7-2-8-16-41)42-17-9-3-10-18-42;1-4-12-35(13-5-1)37-20-22-38(23-21-37)40-24-28-42(29-25-40)49(41-16-8-3-9-17-41)44-32-33-46-45-18-10-11-19-47(45)50(48(46)34-44)43-30-26-39(27-31-43)36-14-6-2-7-15-36;1-4-12-35(13-5-1)37-20-22-38(23-21-37)40-26-30-43(31-27-40)50-47-19-11-10-18-45(47)46-33-32-44(34-48(46)50)49(41-16-8-3-9-17-41)42-28-24-39(25-29-42)36-14-6-2-7-15-36/h3*1-34H. The van der Waals surface area contributed by atoms with Crippen molar-refractivity contribution < 1.29 is 0 Å². The molecule has 3 heterocycles. The van der Waals surface area contributed by atoms with Gasteiger partial charge in [-0.25, -0.2) is 0 Å². The van der Waals surface area contributed by atoms with E-state index in [0.717, 1.165) is 68.2 Å². The zero-order chi connectivity index (χ0) is 99.8. The molecule has 0 saturated heterocycles. The van der Waals surface area contributed by atoms with Crippen molar-refractivity contribution in [3.05, 3.63) is 619 Å². The molecule has 0 unspecified atom stereocenters.